The fourth-order valence-electron chi connectivity index (χ4n) is 2.89. The summed E-state index contributed by atoms with van der Waals surface area (Å²) >= 11 is 5.82. The van der Waals surface area contributed by atoms with Crippen molar-refractivity contribution < 1.29 is 9.59 Å². The number of amides is 2. The maximum absolute atomic E-state index is 12.4. The van der Waals surface area contributed by atoms with Gasteiger partial charge in [0.1, 0.15) is 0 Å². The fraction of sp³-hybridized carbons (Fsp3) is 0.529. The molecule has 0 aliphatic carbocycles. The highest BCUT2D eigenvalue weighted by molar-refractivity contribution is 6.30. The van der Waals surface area contributed by atoms with E-state index in [0.29, 0.717) is 11.6 Å². The van der Waals surface area contributed by atoms with Gasteiger partial charge in [0, 0.05) is 17.1 Å². The van der Waals surface area contributed by atoms with Gasteiger partial charge in [0.15, 0.2) is 0 Å². The maximum Gasteiger partial charge on any atom is 0.243 e. The van der Waals surface area contributed by atoms with Crippen LogP contribution in [0.1, 0.15) is 32.3 Å². The Bertz CT molecular complexity index is 566. The molecule has 0 bridgehead atoms. The number of benzene rings is 1. The van der Waals surface area contributed by atoms with Crippen LogP contribution in [0.4, 0.5) is 0 Å². The van der Waals surface area contributed by atoms with Gasteiger partial charge in [0.25, 0.3) is 0 Å². The number of carbonyl (C=O) groups is 2. The Labute approximate surface area is 142 Å². The second-order valence-electron chi connectivity index (χ2n) is 6.83. The Morgan fingerprint density at radius 2 is 2.00 bits per heavy atom. The van der Waals surface area contributed by atoms with E-state index in [0.717, 1.165) is 24.9 Å². The van der Waals surface area contributed by atoms with Crippen molar-refractivity contribution in [3.05, 3.63) is 34.9 Å². The van der Waals surface area contributed by atoms with Crippen LogP contribution in [0.5, 0.6) is 0 Å². The van der Waals surface area contributed by atoms with E-state index >= 15 is 0 Å². The summed E-state index contributed by atoms with van der Waals surface area (Å²) in [6.45, 7) is 5.35. The van der Waals surface area contributed by atoms with Crippen molar-refractivity contribution in [1.82, 2.24) is 10.2 Å². The molecule has 1 aliphatic rings. The van der Waals surface area contributed by atoms with Crippen molar-refractivity contribution in [2.24, 2.45) is 5.73 Å². The van der Waals surface area contributed by atoms with E-state index in [1.54, 1.807) is 24.3 Å². The molecule has 0 spiro atoms. The molecule has 1 atom stereocenters. The number of nitrogens with two attached hydrogens (primary N) is 1. The van der Waals surface area contributed by atoms with Crippen molar-refractivity contribution in [2.75, 3.05) is 13.1 Å². The summed E-state index contributed by atoms with van der Waals surface area (Å²) in [6.07, 6.45) is 1.87. The predicted octanol–water partition coefficient (Wildman–Crippen LogP) is 1.73. The highest BCUT2D eigenvalue weighted by atomic mass is 35.5. The average Bonchev–Trinajstić information content (AvgIpc) is 2.87. The largest absolute Gasteiger partial charge is 0.324 e. The molecule has 2 rings (SSSR count). The maximum atomic E-state index is 12.4. The number of likely N-dealkylation sites (tertiary alicyclic amines) is 1. The summed E-state index contributed by atoms with van der Waals surface area (Å²) in [5.41, 5.74) is 6.50. The van der Waals surface area contributed by atoms with Gasteiger partial charge in [0.2, 0.25) is 11.8 Å². The second-order valence-corrected chi connectivity index (χ2v) is 7.27. The van der Waals surface area contributed by atoms with E-state index in [9.17, 15) is 9.59 Å². The molecule has 126 valence electrons. The van der Waals surface area contributed by atoms with Gasteiger partial charge < -0.3 is 5.73 Å². The average molecular weight is 338 g/mol. The second kappa shape index (κ2) is 7.43. The first-order valence-electron chi connectivity index (χ1n) is 7.86. The number of rotatable bonds is 5. The molecule has 0 saturated carbocycles. The van der Waals surface area contributed by atoms with Crippen LogP contribution in [0.15, 0.2) is 24.3 Å². The Morgan fingerprint density at radius 3 is 2.61 bits per heavy atom. The Balaban J connectivity index is 1.90. The number of hydrogen-bond donors (Lipinski definition) is 2. The summed E-state index contributed by atoms with van der Waals surface area (Å²) < 4.78 is 0. The lowest BCUT2D eigenvalue weighted by Crippen LogP contribution is -2.52. The van der Waals surface area contributed by atoms with Crippen molar-refractivity contribution in [3.63, 3.8) is 0 Å². The number of nitrogens with zero attached hydrogens (tertiary/aromatic N) is 1. The standard InChI is InChI=1S/C17H24ClN3O2/c1-17(2,19)11-21-9-3-4-14(21)16(23)20-15(22)10-12-5-7-13(18)8-6-12/h5-8,14H,3-4,9-11,19H2,1-2H3,(H,20,22,23)/t14-/m0/s1. The summed E-state index contributed by atoms with van der Waals surface area (Å²) in [6, 6.07) is 6.75. The topological polar surface area (TPSA) is 75.4 Å². The zero-order valence-electron chi connectivity index (χ0n) is 13.6. The molecule has 0 aromatic heterocycles. The molecule has 0 unspecified atom stereocenters. The Morgan fingerprint density at radius 1 is 1.35 bits per heavy atom. The van der Waals surface area contributed by atoms with Gasteiger partial charge in [0.05, 0.1) is 12.5 Å². The van der Waals surface area contributed by atoms with E-state index < -0.39 is 0 Å². The number of imide groups is 1. The third-order valence-corrected chi connectivity index (χ3v) is 4.07. The normalized spacial score (nSPS) is 18.9. The SMILES string of the molecule is CC(C)(N)CN1CCC[C@H]1C(=O)NC(=O)Cc1ccc(Cl)cc1. The van der Waals surface area contributed by atoms with Crippen molar-refractivity contribution >= 4 is 23.4 Å². The summed E-state index contributed by atoms with van der Waals surface area (Å²) in [5, 5.41) is 3.13. The van der Waals surface area contributed by atoms with Crippen LogP contribution in [0, 0.1) is 0 Å². The van der Waals surface area contributed by atoms with Crippen molar-refractivity contribution in [3.8, 4) is 0 Å². The molecule has 1 fully saturated rings. The van der Waals surface area contributed by atoms with Crippen LogP contribution >= 0.6 is 11.6 Å². The molecule has 1 aromatic rings. The molecular weight excluding hydrogens is 314 g/mol. The third-order valence-electron chi connectivity index (χ3n) is 3.82. The smallest absolute Gasteiger partial charge is 0.243 e. The number of halogens is 1. The third kappa shape index (κ3) is 5.61. The summed E-state index contributed by atoms with van der Waals surface area (Å²) in [5.74, 6) is -0.526. The number of carbonyl (C=O) groups excluding carboxylic acids is 2. The van der Waals surface area contributed by atoms with Gasteiger partial charge in [-0.25, -0.2) is 0 Å². The van der Waals surface area contributed by atoms with Crippen LogP contribution < -0.4 is 11.1 Å². The lowest BCUT2D eigenvalue weighted by atomic mass is 10.1. The lowest BCUT2D eigenvalue weighted by molar-refractivity contribution is -0.132. The van der Waals surface area contributed by atoms with Crippen LogP contribution in [0.25, 0.3) is 0 Å². The molecule has 6 heteroatoms. The Hall–Kier alpha value is -1.43. The molecule has 1 aromatic carbocycles. The molecule has 23 heavy (non-hydrogen) atoms. The van der Waals surface area contributed by atoms with E-state index in [-0.39, 0.29) is 29.8 Å². The van der Waals surface area contributed by atoms with Crippen molar-refractivity contribution in [2.45, 2.75) is 44.7 Å². The van der Waals surface area contributed by atoms with Crippen LogP contribution in [0.2, 0.25) is 5.02 Å². The molecule has 1 aliphatic heterocycles. The lowest BCUT2D eigenvalue weighted by Gasteiger charge is -2.30. The van der Waals surface area contributed by atoms with Gasteiger partial charge >= 0.3 is 0 Å². The minimum absolute atomic E-state index is 0.165. The van der Waals surface area contributed by atoms with Crippen molar-refractivity contribution in [1.29, 1.82) is 0 Å². The van der Waals surface area contributed by atoms with Crippen LogP contribution in [0.3, 0.4) is 0 Å². The predicted molar refractivity (Wildman–Crippen MR) is 91.2 cm³/mol. The van der Waals surface area contributed by atoms with Gasteiger partial charge in [-0.3, -0.25) is 19.8 Å². The van der Waals surface area contributed by atoms with Gasteiger partial charge in [-0.1, -0.05) is 23.7 Å². The first kappa shape index (κ1) is 17.9. The Kier molecular flexibility index (Phi) is 5.79. The van der Waals surface area contributed by atoms with Gasteiger partial charge in [-0.05, 0) is 50.9 Å². The summed E-state index contributed by atoms with van der Waals surface area (Å²) in [4.78, 5) is 26.5. The minimum atomic E-state index is -0.365. The molecule has 0 radical (unpaired) electrons. The first-order valence-corrected chi connectivity index (χ1v) is 8.23. The minimum Gasteiger partial charge on any atom is -0.324 e. The first-order chi connectivity index (χ1) is 10.7. The molecular formula is C17H24ClN3O2. The van der Waals surface area contributed by atoms with E-state index in [1.807, 2.05) is 13.8 Å². The highest BCUT2D eigenvalue weighted by Gasteiger charge is 2.33. The number of hydrogen-bond acceptors (Lipinski definition) is 4. The zero-order chi connectivity index (χ0) is 17.0. The van der Waals surface area contributed by atoms with Crippen LogP contribution in [-0.2, 0) is 16.0 Å². The van der Waals surface area contributed by atoms with E-state index in [4.69, 9.17) is 17.3 Å². The van der Waals surface area contributed by atoms with Crippen LogP contribution in [-0.4, -0.2) is 41.4 Å². The highest BCUT2D eigenvalue weighted by Crippen LogP contribution is 2.19. The fourth-order valence-corrected chi connectivity index (χ4v) is 3.01. The van der Waals surface area contributed by atoms with E-state index in [1.165, 1.54) is 0 Å². The molecule has 1 saturated heterocycles. The monoisotopic (exact) mass is 337 g/mol. The quantitative estimate of drug-likeness (QED) is 0.858. The van der Waals surface area contributed by atoms with Gasteiger partial charge in [-0.15, -0.1) is 0 Å². The summed E-state index contributed by atoms with van der Waals surface area (Å²) in [7, 11) is 0. The molecule has 3 N–H and O–H groups in total. The zero-order valence-corrected chi connectivity index (χ0v) is 14.4. The van der Waals surface area contributed by atoms with E-state index in [2.05, 4.69) is 10.2 Å². The molecule has 1 heterocycles. The molecule has 2 amide bonds. The number of nitrogens with one attached hydrogen (secondary N) is 1. The molecule has 5 nitrogen and oxygen atoms in total. The van der Waals surface area contributed by atoms with Gasteiger partial charge in [-0.2, -0.15) is 0 Å².